The zero-order chi connectivity index (χ0) is 16.2. The Morgan fingerprint density at radius 1 is 1.26 bits per heavy atom. The minimum absolute atomic E-state index is 0.0753. The summed E-state index contributed by atoms with van der Waals surface area (Å²) in [5.74, 6) is -0.703. The minimum atomic E-state index is -1.05. The Kier molecular flexibility index (Phi) is 5.46. The Hall–Kier alpha value is -1.24. The highest BCUT2D eigenvalue weighted by atomic mass is 19.1. The fourth-order valence-electron chi connectivity index (χ4n) is 3.40. The molecule has 2 aliphatic heterocycles. The normalized spacial score (nSPS) is 18.3. The van der Waals surface area contributed by atoms with Gasteiger partial charge in [-0.3, -0.25) is 4.79 Å². The molecule has 4 nitrogen and oxygen atoms in total. The molecule has 1 aromatic carbocycles. The van der Waals surface area contributed by atoms with Gasteiger partial charge in [-0.15, -0.1) is 0 Å². The van der Waals surface area contributed by atoms with E-state index in [0.717, 1.165) is 32.5 Å². The number of piperidine rings is 1. The summed E-state index contributed by atoms with van der Waals surface area (Å²) in [6.07, 6.45) is 5.94. The van der Waals surface area contributed by atoms with E-state index in [1.165, 1.54) is 31.4 Å². The second kappa shape index (κ2) is 7.56. The Labute approximate surface area is 136 Å². The summed E-state index contributed by atoms with van der Waals surface area (Å²) in [7, 11) is -1.05. The molecule has 0 radical (unpaired) electrons. The van der Waals surface area contributed by atoms with Gasteiger partial charge in [0.15, 0.2) is 5.78 Å². The Morgan fingerprint density at radius 2 is 2.04 bits per heavy atom. The molecule has 23 heavy (non-hydrogen) atoms. The van der Waals surface area contributed by atoms with Crippen molar-refractivity contribution in [1.82, 2.24) is 4.90 Å². The van der Waals surface area contributed by atoms with Gasteiger partial charge in [0.05, 0.1) is 12.2 Å². The van der Waals surface area contributed by atoms with E-state index < -0.39 is 12.9 Å². The molecule has 1 saturated heterocycles. The van der Waals surface area contributed by atoms with Gasteiger partial charge in [-0.25, -0.2) is 4.39 Å². The quantitative estimate of drug-likeness (QED) is 0.494. The number of halogens is 1. The molecule has 2 heterocycles. The zero-order valence-corrected chi connectivity index (χ0v) is 13.4. The van der Waals surface area contributed by atoms with Crippen molar-refractivity contribution in [2.24, 2.45) is 0 Å². The number of likely N-dealkylation sites (tertiary alicyclic amines) is 1. The largest absolute Gasteiger partial charge is 0.491 e. The van der Waals surface area contributed by atoms with Crippen molar-refractivity contribution in [3.8, 4) is 0 Å². The summed E-state index contributed by atoms with van der Waals surface area (Å²) < 4.78 is 19.1. The molecule has 1 aromatic rings. The van der Waals surface area contributed by atoms with Crippen LogP contribution in [0.5, 0.6) is 0 Å². The van der Waals surface area contributed by atoms with E-state index >= 15 is 0 Å². The van der Waals surface area contributed by atoms with Crippen molar-refractivity contribution >= 4 is 18.4 Å². The monoisotopic (exact) mass is 319 g/mol. The van der Waals surface area contributed by atoms with Crippen molar-refractivity contribution in [3.63, 3.8) is 0 Å². The predicted octanol–water partition coefficient (Wildman–Crippen LogP) is 1.88. The summed E-state index contributed by atoms with van der Waals surface area (Å²) >= 11 is 0. The number of fused-ring (bicyclic) bond motifs is 1. The van der Waals surface area contributed by atoms with Gasteiger partial charge in [0, 0.05) is 6.42 Å². The highest BCUT2D eigenvalue weighted by Gasteiger charge is 2.29. The van der Waals surface area contributed by atoms with E-state index in [1.54, 1.807) is 0 Å². The number of ketones is 1. The molecule has 0 saturated carbocycles. The number of carbonyl (C=O) groups excluding carboxylic acids is 1. The maximum absolute atomic E-state index is 14.1. The average Bonchev–Trinajstić information content (AvgIpc) is 2.92. The van der Waals surface area contributed by atoms with Crippen LogP contribution in [0, 0.1) is 5.82 Å². The van der Waals surface area contributed by atoms with Crippen LogP contribution in [-0.2, 0) is 11.3 Å². The standard InChI is InChI=1S/C17H23BFNO3/c19-16-10-13-12-23-18(22)15(13)11-14(16)17(21)6-2-5-9-20-7-3-1-4-8-20/h10-11,22H,1-9,12H2. The second-order valence-electron chi connectivity index (χ2n) is 6.48. The van der Waals surface area contributed by atoms with Gasteiger partial charge in [-0.2, -0.15) is 0 Å². The van der Waals surface area contributed by atoms with Crippen LogP contribution in [0.4, 0.5) is 4.39 Å². The molecule has 1 fully saturated rings. The van der Waals surface area contributed by atoms with Crippen LogP contribution in [0.3, 0.4) is 0 Å². The summed E-state index contributed by atoms with van der Waals surface area (Å²) in [4.78, 5) is 14.7. The number of hydrogen-bond donors (Lipinski definition) is 1. The molecule has 6 heteroatoms. The highest BCUT2D eigenvalue weighted by molar-refractivity contribution is 6.61. The highest BCUT2D eigenvalue weighted by Crippen LogP contribution is 2.18. The van der Waals surface area contributed by atoms with E-state index in [2.05, 4.69) is 4.90 Å². The van der Waals surface area contributed by atoms with Crippen LogP contribution < -0.4 is 5.46 Å². The Bertz CT molecular complexity index is 575. The lowest BCUT2D eigenvalue weighted by Gasteiger charge is -2.26. The topological polar surface area (TPSA) is 49.8 Å². The number of carbonyl (C=O) groups is 1. The van der Waals surface area contributed by atoms with Crippen LogP contribution in [0.25, 0.3) is 0 Å². The maximum Gasteiger partial charge on any atom is 0.491 e. The number of benzene rings is 1. The van der Waals surface area contributed by atoms with Crippen LogP contribution >= 0.6 is 0 Å². The molecule has 0 aliphatic carbocycles. The number of Topliss-reactive ketones (excluding diaryl/α,β-unsaturated/α-hetero) is 1. The van der Waals surface area contributed by atoms with Crippen LogP contribution in [0.2, 0.25) is 0 Å². The average molecular weight is 319 g/mol. The molecule has 2 aliphatic rings. The molecule has 0 bridgehead atoms. The molecule has 0 atom stereocenters. The Balaban J connectivity index is 1.51. The van der Waals surface area contributed by atoms with Crippen molar-refractivity contribution < 1.29 is 18.9 Å². The first kappa shape index (κ1) is 16.6. The van der Waals surface area contributed by atoms with Crippen LogP contribution in [-0.4, -0.2) is 42.5 Å². The van der Waals surface area contributed by atoms with E-state index in [0.29, 0.717) is 17.4 Å². The van der Waals surface area contributed by atoms with Gasteiger partial charge in [-0.05, 0) is 68.5 Å². The van der Waals surface area contributed by atoms with Gasteiger partial charge in [0.2, 0.25) is 0 Å². The van der Waals surface area contributed by atoms with Gasteiger partial charge in [-0.1, -0.05) is 6.42 Å². The van der Waals surface area contributed by atoms with Crippen molar-refractivity contribution in [2.45, 2.75) is 45.1 Å². The van der Waals surface area contributed by atoms with Crippen LogP contribution in [0.1, 0.15) is 54.4 Å². The molecular formula is C17H23BFNO3. The molecule has 1 N–H and O–H groups in total. The number of hydrogen-bond acceptors (Lipinski definition) is 4. The van der Waals surface area contributed by atoms with E-state index in [4.69, 9.17) is 4.65 Å². The predicted molar refractivity (Wildman–Crippen MR) is 87.3 cm³/mol. The summed E-state index contributed by atoms with van der Waals surface area (Å²) in [5, 5.41) is 9.68. The number of unbranched alkanes of at least 4 members (excludes halogenated alkanes) is 1. The van der Waals surface area contributed by atoms with E-state index in [9.17, 15) is 14.2 Å². The summed E-state index contributed by atoms with van der Waals surface area (Å²) in [5.41, 5.74) is 1.21. The van der Waals surface area contributed by atoms with Gasteiger partial charge >= 0.3 is 7.12 Å². The van der Waals surface area contributed by atoms with Gasteiger partial charge < -0.3 is 14.6 Å². The third-order valence-electron chi connectivity index (χ3n) is 4.77. The molecule has 124 valence electrons. The summed E-state index contributed by atoms with van der Waals surface area (Å²) in [6.45, 7) is 3.53. The molecular weight excluding hydrogens is 296 g/mol. The van der Waals surface area contributed by atoms with Gasteiger partial charge in [0.25, 0.3) is 0 Å². The summed E-state index contributed by atoms with van der Waals surface area (Å²) in [6, 6.07) is 2.77. The molecule has 3 rings (SSSR count). The number of rotatable bonds is 6. The van der Waals surface area contributed by atoms with E-state index in [1.807, 2.05) is 0 Å². The molecule has 0 spiro atoms. The first-order chi connectivity index (χ1) is 11.1. The smallest absolute Gasteiger partial charge is 0.423 e. The minimum Gasteiger partial charge on any atom is -0.423 e. The molecule has 0 amide bonds. The lowest BCUT2D eigenvalue weighted by Crippen LogP contribution is -2.30. The fourth-order valence-corrected chi connectivity index (χ4v) is 3.40. The molecule has 0 aromatic heterocycles. The molecule has 0 unspecified atom stereocenters. The lowest BCUT2D eigenvalue weighted by molar-refractivity contribution is 0.0973. The SMILES string of the molecule is O=C(CCCCN1CCCCC1)c1cc2c(cc1F)COB2O. The third kappa shape index (κ3) is 4.00. The van der Waals surface area contributed by atoms with Crippen molar-refractivity contribution in [3.05, 3.63) is 29.1 Å². The first-order valence-electron chi connectivity index (χ1n) is 8.52. The number of nitrogens with zero attached hydrogens (tertiary/aromatic N) is 1. The van der Waals surface area contributed by atoms with E-state index in [-0.39, 0.29) is 18.0 Å². The van der Waals surface area contributed by atoms with Crippen LogP contribution in [0.15, 0.2) is 12.1 Å². The third-order valence-corrected chi connectivity index (χ3v) is 4.77. The first-order valence-corrected chi connectivity index (χ1v) is 8.52. The van der Waals surface area contributed by atoms with Crippen molar-refractivity contribution in [2.75, 3.05) is 19.6 Å². The van der Waals surface area contributed by atoms with Crippen molar-refractivity contribution in [1.29, 1.82) is 0 Å². The Morgan fingerprint density at radius 3 is 2.83 bits per heavy atom. The zero-order valence-electron chi connectivity index (χ0n) is 13.4. The fraction of sp³-hybridized carbons (Fsp3) is 0.588. The maximum atomic E-state index is 14.1. The van der Waals surface area contributed by atoms with Gasteiger partial charge in [0.1, 0.15) is 5.82 Å². The lowest BCUT2D eigenvalue weighted by atomic mass is 9.78. The second-order valence-corrected chi connectivity index (χ2v) is 6.48.